The third-order valence-electron chi connectivity index (χ3n) is 6.96. The summed E-state index contributed by atoms with van der Waals surface area (Å²) in [5.41, 5.74) is 4.70. The molecule has 0 radical (unpaired) electrons. The standard InChI is InChI=1S/C33H32N2O3S2/c1-21-28(31(37)38-20-23-9-7-6-8-10-23)29(24-13-17-26(39-5)18-14-24)35-30(36)27(40-32(35)34-21)19-22-11-15-25(16-12-22)33(2,3)4/h6-19,29H,20H2,1-5H3. The van der Waals surface area contributed by atoms with E-state index in [1.807, 2.05) is 86.0 Å². The number of esters is 1. The Bertz CT molecular complexity index is 1740. The number of carbonyl (C=O) groups excluding carboxylic acids is 1. The number of nitrogens with zero attached hydrogens (tertiary/aromatic N) is 2. The van der Waals surface area contributed by atoms with E-state index in [0.29, 0.717) is 20.6 Å². The molecule has 5 nitrogen and oxygen atoms in total. The van der Waals surface area contributed by atoms with E-state index in [9.17, 15) is 9.59 Å². The highest BCUT2D eigenvalue weighted by Crippen LogP contribution is 2.32. The molecule has 0 fully saturated rings. The van der Waals surface area contributed by atoms with Crippen LogP contribution in [0.3, 0.4) is 0 Å². The predicted octanol–water partition coefficient (Wildman–Crippen LogP) is 6.00. The molecule has 1 aliphatic heterocycles. The maximum absolute atomic E-state index is 13.9. The average Bonchev–Trinajstić information content (AvgIpc) is 3.25. The number of thiazole rings is 1. The average molecular weight is 569 g/mol. The van der Waals surface area contributed by atoms with Crippen molar-refractivity contribution in [2.24, 2.45) is 4.99 Å². The number of aromatic nitrogens is 1. The minimum absolute atomic E-state index is 0.0484. The van der Waals surface area contributed by atoms with Crippen LogP contribution in [0.1, 0.15) is 56.0 Å². The Balaban J connectivity index is 1.58. The van der Waals surface area contributed by atoms with Gasteiger partial charge in [-0.05, 0) is 59.1 Å². The van der Waals surface area contributed by atoms with Crippen LogP contribution in [-0.2, 0) is 21.6 Å². The molecule has 204 valence electrons. The summed E-state index contributed by atoms with van der Waals surface area (Å²) in [5, 5.41) is 0. The van der Waals surface area contributed by atoms with Crippen LogP contribution in [0.5, 0.6) is 0 Å². The number of fused-ring (bicyclic) bond motifs is 1. The summed E-state index contributed by atoms with van der Waals surface area (Å²) in [5.74, 6) is -0.476. The first-order chi connectivity index (χ1) is 19.2. The zero-order valence-corrected chi connectivity index (χ0v) is 24.9. The van der Waals surface area contributed by atoms with Crippen LogP contribution in [0.25, 0.3) is 6.08 Å². The van der Waals surface area contributed by atoms with E-state index in [1.54, 1.807) is 16.3 Å². The lowest BCUT2D eigenvalue weighted by molar-refractivity contribution is -0.140. The van der Waals surface area contributed by atoms with Crippen LogP contribution >= 0.6 is 23.1 Å². The summed E-state index contributed by atoms with van der Waals surface area (Å²) < 4.78 is 7.96. The van der Waals surface area contributed by atoms with E-state index in [2.05, 4.69) is 32.9 Å². The molecule has 1 atom stereocenters. The van der Waals surface area contributed by atoms with Crippen LogP contribution in [0.2, 0.25) is 0 Å². The van der Waals surface area contributed by atoms with E-state index in [1.165, 1.54) is 16.9 Å². The molecule has 0 aliphatic carbocycles. The fraction of sp³-hybridized carbons (Fsp3) is 0.242. The number of allylic oxidation sites excluding steroid dienone is 1. The molecule has 2 heterocycles. The van der Waals surface area contributed by atoms with Gasteiger partial charge in [0.25, 0.3) is 5.56 Å². The fourth-order valence-corrected chi connectivity index (χ4v) is 6.17. The molecule has 7 heteroatoms. The molecule has 3 aromatic carbocycles. The van der Waals surface area contributed by atoms with Crippen molar-refractivity contribution in [3.05, 3.63) is 132 Å². The Morgan fingerprint density at radius 2 is 1.70 bits per heavy atom. The molecule has 0 bridgehead atoms. The van der Waals surface area contributed by atoms with Gasteiger partial charge >= 0.3 is 5.97 Å². The lowest BCUT2D eigenvalue weighted by Crippen LogP contribution is -2.39. The molecule has 40 heavy (non-hydrogen) atoms. The first-order valence-corrected chi connectivity index (χ1v) is 15.2. The van der Waals surface area contributed by atoms with E-state index >= 15 is 0 Å². The van der Waals surface area contributed by atoms with Crippen LogP contribution in [-0.4, -0.2) is 16.8 Å². The highest BCUT2D eigenvalue weighted by atomic mass is 32.2. The van der Waals surface area contributed by atoms with E-state index in [4.69, 9.17) is 9.73 Å². The SMILES string of the molecule is CSc1ccc(C2C(C(=O)OCc3ccccc3)=C(C)N=c3sc(=Cc4ccc(C(C)(C)C)cc4)c(=O)n32)cc1. The molecule has 0 saturated heterocycles. The smallest absolute Gasteiger partial charge is 0.338 e. The maximum atomic E-state index is 13.9. The van der Waals surface area contributed by atoms with Gasteiger partial charge < -0.3 is 4.74 Å². The van der Waals surface area contributed by atoms with E-state index < -0.39 is 12.0 Å². The van der Waals surface area contributed by atoms with E-state index in [0.717, 1.165) is 21.6 Å². The van der Waals surface area contributed by atoms with Gasteiger partial charge in [-0.2, -0.15) is 0 Å². The Morgan fingerprint density at radius 1 is 1.02 bits per heavy atom. The van der Waals surface area contributed by atoms with Crippen molar-refractivity contribution in [2.75, 3.05) is 6.26 Å². The number of carbonyl (C=O) groups is 1. The summed E-state index contributed by atoms with van der Waals surface area (Å²) in [4.78, 5) is 33.9. The van der Waals surface area contributed by atoms with Gasteiger partial charge in [-0.1, -0.05) is 98.8 Å². The van der Waals surface area contributed by atoms with E-state index in [-0.39, 0.29) is 17.6 Å². The number of rotatable bonds is 6. The molecule has 0 N–H and O–H groups in total. The third-order valence-corrected chi connectivity index (χ3v) is 8.69. The van der Waals surface area contributed by atoms with Crippen molar-refractivity contribution in [1.29, 1.82) is 0 Å². The first-order valence-electron chi connectivity index (χ1n) is 13.1. The minimum Gasteiger partial charge on any atom is -0.457 e. The third kappa shape index (κ3) is 5.76. The molecule has 0 spiro atoms. The van der Waals surface area contributed by atoms with Crippen molar-refractivity contribution < 1.29 is 9.53 Å². The molecular weight excluding hydrogens is 537 g/mol. The van der Waals surface area contributed by atoms with Crippen molar-refractivity contribution in [3.8, 4) is 0 Å². The molecule has 5 rings (SSSR count). The second-order valence-corrected chi connectivity index (χ2v) is 12.7. The van der Waals surface area contributed by atoms with Crippen LogP contribution in [0.15, 0.2) is 105 Å². The van der Waals surface area contributed by atoms with Gasteiger partial charge in [0.05, 0.1) is 21.8 Å². The summed E-state index contributed by atoms with van der Waals surface area (Å²) in [6.07, 6.45) is 3.92. The largest absolute Gasteiger partial charge is 0.457 e. The number of ether oxygens (including phenoxy) is 1. The first kappa shape index (κ1) is 27.9. The zero-order chi connectivity index (χ0) is 28.4. The summed E-state index contributed by atoms with van der Waals surface area (Å²) in [7, 11) is 0. The van der Waals surface area contributed by atoms with Gasteiger partial charge in [-0.3, -0.25) is 9.36 Å². The topological polar surface area (TPSA) is 60.7 Å². The highest BCUT2D eigenvalue weighted by molar-refractivity contribution is 7.98. The second-order valence-electron chi connectivity index (χ2n) is 10.8. The van der Waals surface area contributed by atoms with Crippen LogP contribution in [0, 0.1) is 0 Å². The molecule has 1 unspecified atom stereocenters. The lowest BCUT2D eigenvalue weighted by atomic mass is 9.87. The van der Waals surface area contributed by atoms with Crippen LogP contribution < -0.4 is 14.9 Å². The molecule has 4 aromatic rings. The number of hydrogen-bond donors (Lipinski definition) is 0. The molecule has 0 amide bonds. The van der Waals surface area contributed by atoms with Crippen molar-refractivity contribution in [3.63, 3.8) is 0 Å². The highest BCUT2D eigenvalue weighted by Gasteiger charge is 2.33. The fourth-order valence-electron chi connectivity index (χ4n) is 4.72. The number of thioether (sulfide) groups is 1. The number of benzene rings is 3. The quantitative estimate of drug-likeness (QED) is 0.212. The number of hydrogen-bond acceptors (Lipinski definition) is 6. The van der Waals surface area contributed by atoms with Gasteiger partial charge in [-0.25, -0.2) is 9.79 Å². The minimum atomic E-state index is -0.638. The van der Waals surface area contributed by atoms with Crippen molar-refractivity contribution in [1.82, 2.24) is 4.57 Å². The summed E-state index contributed by atoms with van der Waals surface area (Å²) >= 11 is 2.98. The second kappa shape index (κ2) is 11.4. The molecule has 0 saturated carbocycles. The van der Waals surface area contributed by atoms with Crippen LogP contribution in [0.4, 0.5) is 0 Å². The molecular formula is C33H32N2O3S2. The Morgan fingerprint density at radius 3 is 2.33 bits per heavy atom. The zero-order valence-electron chi connectivity index (χ0n) is 23.3. The summed E-state index contributed by atoms with van der Waals surface area (Å²) in [6.45, 7) is 8.48. The van der Waals surface area contributed by atoms with Crippen molar-refractivity contribution in [2.45, 2.75) is 50.7 Å². The predicted molar refractivity (Wildman–Crippen MR) is 163 cm³/mol. The normalized spacial score (nSPS) is 15.5. The lowest BCUT2D eigenvalue weighted by Gasteiger charge is -2.25. The van der Waals surface area contributed by atoms with Gasteiger partial charge in [0.2, 0.25) is 0 Å². The maximum Gasteiger partial charge on any atom is 0.338 e. The molecule has 1 aliphatic rings. The summed E-state index contributed by atoms with van der Waals surface area (Å²) in [6, 6.07) is 25.2. The van der Waals surface area contributed by atoms with Gasteiger partial charge in [-0.15, -0.1) is 11.8 Å². The Labute approximate surface area is 242 Å². The monoisotopic (exact) mass is 568 g/mol. The van der Waals surface area contributed by atoms with Gasteiger partial charge in [0.15, 0.2) is 4.80 Å². The Kier molecular flexibility index (Phi) is 7.97. The van der Waals surface area contributed by atoms with Gasteiger partial charge in [0, 0.05) is 4.90 Å². The van der Waals surface area contributed by atoms with Crippen molar-refractivity contribution >= 4 is 35.1 Å². The Hall–Kier alpha value is -3.68. The molecule has 1 aromatic heterocycles. The van der Waals surface area contributed by atoms with Gasteiger partial charge in [0.1, 0.15) is 6.61 Å².